The van der Waals surface area contributed by atoms with E-state index >= 15 is 0 Å². The Morgan fingerprint density at radius 2 is 1.88 bits per heavy atom. The second kappa shape index (κ2) is 4.37. The van der Waals surface area contributed by atoms with Gasteiger partial charge in [0.25, 0.3) is 0 Å². The first-order valence-electron chi connectivity index (χ1n) is 5.32. The predicted molar refractivity (Wildman–Crippen MR) is 69.0 cm³/mol. The molecule has 0 radical (unpaired) electrons. The minimum Gasteiger partial charge on any atom is -0.347 e. The fraction of sp³-hybridized carbons (Fsp3) is 0.231. The van der Waals surface area contributed by atoms with Crippen molar-refractivity contribution >= 4 is 12.2 Å². The van der Waals surface area contributed by atoms with Gasteiger partial charge in [-0.1, -0.05) is 12.2 Å². The zero-order valence-electron chi connectivity index (χ0n) is 9.97. The normalized spacial score (nSPS) is 10.6. The van der Waals surface area contributed by atoms with Gasteiger partial charge in [0, 0.05) is 11.3 Å². The van der Waals surface area contributed by atoms with E-state index in [1.54, 1.807) is 0 Å². The van der Waals surface area contributed by atoms with Gasteiger partial charge in [0.05, 0.1) is 5.69 Å². The zero-order chi connectivity index (χ0) is 12.6. The van der Waals surface area contributed by atoms with E-state index in [2.05, 4.69) is 9.97 Å². The van der Waals surface area contributed by atoms with Gasteiger partial charge in [-0.3, -0.25) is 0 Å². The molecular weight excluding hydrogens is 235 g/mol. The number of H-pyrrole nitrogens is 1. The van der Waals surface area contributed by atoms with Gasteiger partial charge in [0.15, 0.2) is 0 Å². The van der Waals surface area contributed by atoms with E-state index < -0.39 is 0 Å². The number of nitrogens with one attached hydrogen (secondary N) is 1. The van der Waals surface area contributed by atoms with E-state index in [9.17, 15) is 4.39 Å². The highest BCUT2D eigenvalue weighted by atomic mass is 32.1. The molecule has 0 aliphatic carbocycles. The van der Waals surface area contributed by atoms with E-state index in [1.165, 1.54) is 12.1 Å². The standard InChI is InChI=1S/C13H13FN2S/c1-7-4-10(6-11(14)5-7)12-13(17)16-9(3)8(2)15-12/h4-6H,1-3H3,(H,16,17). The molecule has 0 saturated carbocycles. The maximum atomic E-state index is 13.4. The van der Waals surface area contributed by atoms with Crippen LogP contribution in [-0.2, 0) is 0 Å². The molecule has 0 atom stereocenters. The fourth-order valence-corrected chi connectivity index (χ4v) is 2.01. The van der Waals surface area contributed by atoms with E-state index in [0.717, 1.165) is 17.0 Å². The van der Waals surface area contributed by atoms with Crippen molar-refractivity contribution in [2.45, 2.75) is 20.8 Å². The topological polar surface area (TPSA) is 28.7 Å². The number of aromatic nitrogens is 2. The molecule has 17 heavy (non-hydrogen) atoms. The molecule has 0 aliphatic heterocycles. The van der Waals surface area contributed by atoms with Gasteiger partial charge in [0.1, 0.15) is 16.2 Å². The van der Waals surface area contributed by atoms with Crippen molar-refractivity contribution in [3.05, 3.63) is 45.6 Å². The molecule has 1 N–H and O–H groups in total. The quantitative estimate of drug-likeness (QED) is 0.776. The first-order valence-corrected chi connectivity index (χ1v) is 5.73. The van der Waals surface area contributed by atoms with Crippen LogP contribution in [0.25, 0.3) is 11.3 Å². The van der Waals surface area contributed by atoms with Crippen LogP contribution in [0.4, 0.5) is 4.39 Å². The Morgan fingerprint density at radius 3 is 2.53 bits per heavy atom. The van der Waals surface area contributed by atoms with Gasteiger partial charge in [-0.15, -0.1) is 0 Å². The number of halogens is 1. The Kier molecular flexibility index (Phi) is 3.07. The third-order valence-electron chi connectivity index (χ3n) is 2.65. The number of benzene rings is 1. The molecule has 0 bridgehead atoms. The molecule has 0 fully saturated rings. The van der Waals surface area contributed by atoms with Crippen molar-refractivity contribution in [1.29, 1.82) is 0 Å². The lowest BCUT2D eigenvalue weighted by Crippen LogP contribution is -1.96. The molecule has 0 saturated heterocycles. The largest absolute Gasteiger partial charge is 0.347 e. The number of rotatable bonds is 1. The SMILES string of the molecule is Cc1cc(F)cc(-c2nc(C)c(C)[nH]c2=S)c1. The summed E-state index contributed by atoms with van der Waals surface area (Å²) in [5.41, 5.74) is 4.01. The fourth-order valence-electron chi connectivity index (χ4n) is 1.69. The summed E-state index contributed by atoms with van der Waals surface area (Å²) in [6.07, 6.45) is 0. The van der Waals surface area contributed by atoms with Crippen LogP contribution in [0, 0.1) is 31.2 Å². The Balaban J connectivity index is 2.68. The first-order chi connectivity index (χ1) is 7.97. The number of aryl methyl sites for hydroxylation is 3. The van der Waals surface area contributed by atoms with Crippen molar-refractivity contribution in [2.24, 2.45) is 0 Å². The second-order valence-electron chi connectivity index (χ2n) is 4.14. The smallest absolute Gasteiger partial charge is 0.130 e. The van der Waals surface area contributed by atoms with Crippen molar-refractivity contribution in [2.75, 3.05) is 0 Å². The Morgan fingerprint density at radius 1 is 1.18 bits per heavy atom. The molecule has 0 amide bonds. The molecule has 1 heterocycles. The molecule has 1 aromatic heterocycles. The van der Waals surface area contributed by atoms with Crippen LogP contribution in [0.5, 0.6) is 0 Å². The van der Waals surface area contributed by atoms with E-state index in [0.29, 0.717) is 15.9 Å². The Bertz CT molecular complexity index is 612. The third-order valence-corrected chi connectivity index (χ3v) is 2.95. The van der Waals surface area contributed by atoms with Crippen LogP contribution in [0.2, 0.25) is 0 Å². The van der Waals surface area contributed by atoms with Crippen molar-refractivity contribution < 1.29 is 4.39 Å². The second-order valence-corrected chi connectivity index (χ2v) is 4.55. The molecule has 2 aromatic rings. The maximum Gasteiger partial charge on any atom is 0.130 e. The summed E-state index contributed by atoms with van der Waals surface area (Å²) in [7, 11) is 0. The van der Waals surface area contributed by atoms with Gasteiger partial charge in [-0.2, -0.15) is 0 Å². The zero-order valence-corrected chi connectivity index (χ0v) is 10.8. The first kappa shape index (κ1) is 11.9. The lowest BCUT2D eigenvalue weighted by Gasteiger charge is -2.06. The molecule has 88 valence electrons. The monoisotopic (exact) mass is 248 g/mol. The highest BCUT2D eigenvalue weighted by molar-refractivity contribution is 7.71. The minimum absolute atomic E-state index is 0.269. The average molecular weight is 248 g/mol. The van der Waals surface area contributed by atoms with Gasteiger partial charge < -0.3 is 4.98 Å². The van der Waals surface area contributed by atoms with Crippen LogP contribution >= 0.6 is 12.2 Å². The average Bonchev–Trinajstić information content (AvgIpc) is 2.22. The van der Waals surface area contributed by atoms with Crippen LogP contribution in [-0.4, -0.2) is 9.97 Å². The number of hydrogen-bond acceptors (Lipinski definition) is 2. The van der Waals surface area contributed by atoms with Crippen molar-refractivity contribution in [1.82, 2.24) is 9.97 Å². The van der Waals surface area contributed by atoms with Crippen molar-refractivity contribution in [3.63, 3.8) is 0 Å². The number of nitrogens with zero attached hydrogens (tertiary/aromatic N) is 1. The van der Waals surface area contributed by atoms with Crippen LogP contribution in [0.15, 0.2) is 18.2 Å². The van der Waals surface area contributed by atoms with Crippen molar-refractivity contribution in [3.8, 4) is 11.3 Å². The Labute approximate surface area is 105 Å². The molecule has 2 rings (SSSR count). The lowest BCUT2D eigenvalue weighted by atomic mass is 10.1. The van der Waals surface area contributed by atoms with Gasteiger partial charge >= 0.3 is 0 Å². The summed E-state index contributed by atoms with van der Waals surface area (Å²) in [5.74, 6) is -0.269. The molecule has 0 aliphatic rings. The molecule has 0 unspecified atom stereocenters. The third kappa shape index (κ3) is 2.42. The van der Waals surface area contributed by atoms with E-state index in [1.807, 2.05) is 26.8 Å². The maximum absolute atomic E-state index is 13.4. The van der Waals surface area contributed by atoms with Gasteiger partial charge in [-0.25, -0.2) is 9.37 Å². The summed E-state index contributed by atoms with van der Waals surface area (Å²) in [6.45, 7) is 5.66. The van der Waals surface area contributed by atoms with E-state index in [4.69, 9.17) is 12.2 Å². The van der Waals surface area contributed by atoms with Gasteiger partial charge in [-0.05, 0) is 44.5 Å². The number of hydrogen-bond donors (Lipinski definition) is 1. The molecule has 0 spiro atoms. The van der Waals surface area contributed by atoms with Crippen LogP contribution in [0.1, 0.15) is 17.0 Å². The van der Waals surface area contributed by atoms with E-state index in [-0.39, 0.29) is 5.82 Å². The Hall–Kier alpha value is -1.55. The lowest BCUT2D eigenvalue weighted by molar-refractivity contribution is 0.627. The summed E-state index contributed by atoms with van der Waals surface area (Å²) < 4.78 is 13.9. The molecular formula is C13H13FN2S. The highest BCUT2D eigenvalue weighted by Gasteiger charge is 2.07. The summed E-state index contributed by atoms with van der Waals surface area (Å²) in [6, 6.07) is 4.81. The van der Waals surface area contributed by atoms with Crippen LogP contribution in [0.3, 0.4) is 0 Å². The molecule has 1 aromatic carbocycles. The highest BCUT2D eigenvalue weighted by Crippen LogP contribution is 2.21. The van der Waals surface area contributed by atoms with Crippen LogP contribution < -0.4 is 0 Å². The predicted octanol–water partition coefficient (Wildman–Crippen LogP) is 3.87. The summed E-state index contributed by atoms with van der Waals surface area (Å²) >= 11 is 5.23. The summed E-state index contributed by atoms with van der Waals surface area (Å²) in [4.78, 5) is 7.50. The summed E-state index contributed by atoms with van der Waals surface area (Å²) in [5, 5.41) is 0. The number of aromatic amines is 1. The minimum atomic E-state index is -0.269. The molecule has 4 heteroatoms. The van der Waals surface area contributed by atoms with Gasteiger partial charge in [0.2, 0.25) is 0 Å². The molecule has 2 nitrogen and oxygen atoms in total.